The maximum atomic E-state index is 14.7. The maximum absolute atomic E-state index is 14.7. The van der Waals surface area contributed by atoms with Gasteiger partial charge in [-0.25, -0.2) is 4.39 Å². The fourth-order valence-corrected chi connectivity index (χ4v) is 7.30. The molecule has 3 aliphatic heterocycles. The summed E-state index contributed by atoms with van der Waals surface area (Å²) in [6.45, 7) is 6.05. The predicted molar refractivity (Wildman–Crippen MR) is 161 cm³/mol. The smallest absolute Gasteiger partial charge is 0.254 e. The van der Waals surface area contributed by atoms with Crippen molar-refractivity contribution in [1.29, 1.82) is 0 Å². The molecule has 4 N–H and O–H groups in total. The molecule has 0 aromatic heterocycles. The number of nitrogen functional groups attached to an aromatic ring is 1. The first-order valence-electron chi connectivity index (χ1n) is 15.3. The van der Waals surface area contributed by atoms with Crippen LogP contribution in [-0.2, 0) is 9.59 Å². The average molecular weight is 577 g/mol. The Kier molecular flexibility index (Phi) is 8.07. The molecule has 6 rings (SSSR count). The van der Waals surface area contributed by atoms with E-state index >= 15 is 0 Å². The van der Waals surface area contributed by atoms with Crippen LogP contribution in [0.4, 0.5) is 21.5 Å². The van der Waals surface area contributed by atoms with E-state index in [1.807, 2.05) is 12.1 Å². The van der Waals surface area contributed by atoms with Gasteiger partial charge in [0.15, 0.2) is 0 Å². The summed E-state index contributed by atoms with van der Waals surface area (Å²) in [7, 11) is 0. The maximum Gasteiger partial charge on any atom is 0.254 e. The van der Waals surface area contributed by atoms with Crippen LogP contribution >= 0.6 is 0 Å². The summed E-state index contributed by atoms with van der Waals surface area (Å²) in [5.74, 6) is -2.16. The number of nitrogens with two attached hydrogens (primary N) is 1. The lowest BCUT2D eigenvalue weighted by Gasteiger charge is -2.49. The van der Waals surface area contributed by atoms with Gasteiger partial charge in [0.05, 0.1) is 5.56 Å². The van der Waals surface area contributed by atoms with E-state index in [4.69, 9.17) is 5.73 Å². The summed E-state index contributed by atoms with van der Waals surface area (Å²) in [5.41, 5.74) is 9.02. The second-order valence-corrected chi connectivity index (χ2v) is 12.5. The fraction of sp³-hybridized carbons (Fsp3) is 0.531. The van der Waals surface area contributed by atoms with Crippen molar-refractivity contribution in [2.75, 3.05) is 54.8 Å². The molecule has 0 bridgehead atoms. The zero-order valence-electron chi connectivity index (χ0n) is 24.1. The summed E-state index contributed by atoms with van der Waals surface area (Å²) in [6.07, 6.45) is 7.52. The van der Waals surface area contributed by atoms with Gasteiger partial charge in [0.25, 0.3) is 5.91 Å². The molecule has 2 aromatic carbocycles. The van der Waals surface area contributed by atoms with Gasteiger partial charge in [0.2, 0.25) is 11.8 Å². The number of nitrogens with zero attached hydrogens (tertiary/aromatic N) is 3. The molecule has 10 heteroatoms. The molecule has 9 nitrogen and oxygen atoms in total. The number of anilines is 3. The summed E-state index contributed by atoms with van der Waals surface area (Å²) in [4.78, 5) is 43.7. The van der Waals surface area contributed by atoms with E-state index in [9.17, 15) is 18.8 Å². The number of piperazine rings is 1. The summed E-state index contributed by atoms with van der Waals surface area (Å²) < 4.78 is 14.7. The van der Waals surface area contributed by atoms with Crippen LogP contribution < -0.4 is 26.2 Å². The number of rotatable bonds is 5. The Morgan fingerprint density at radius 3 is 2.17 bits per heavy atom. The van der Waals surface area contributed by atoms with E-state index in [1.54, 1.807) is 12.1 Å². The van der Waals surface area contributed by atoms with Crippen LogP contribution in [0, 0.1) is 11.2 Å². The molecule has 2 aromatic rings. The highest BCUT2D eigenvalue weighted by Crippen LogP contribution is 2.46. The highest BCUT2D eigenvalue weighted by molar-refractivity contribution is 6.04. The Hall–Kier alpha value is -3.66. The lowest BCUT2D eigenvalue weighted by Crippen LogP contribution is -2.52. The molecule has 3 amide bonds. The number of imide groups is 1. The van der Waals surface area contributed by atoms with Gasteiger partial charge in [-0.1, -0.05) is 0 Å². The van der Waals surface area contributed by atoms with E-state index in [0.29, 0.717) is 11.5 Å². The first kappa shape index (κ1) is 28.5. The molecule has 42 heavy (non-hydrogen) atoms. The van der Waals surface area contributed by atoms with Crippen molar-refractivity contribution in [2.24, 2.45) is 5.41 Å². The normalized spacial score (nSPS) is 23.6. The third-order valence-corrected chi connectivity index (χ3v) is 10.0. The quantitative estimate of drug-likeness (QED) is 0.370. The second kappa shape index (κ2) is 11.9. The van der Waals surface area contributed by atoms with Gasteiger partial charge in [-0.3, -0.25) is 24.6 Å². The standard InChI is InChI=1S/C32H41FN6O3/c33-27-6-5-25(21-26(27)30(41)35-28-7-8-29(40)36-31(28)42)37-15-13-32(14-16-37)11-9-24(10-12-32)39-19-17-38(18-20-39)23-3-1-22(34)2-4-23/h1-6,21,24,28H,7-20,34H2,(H,35,41)(H,36,40,42). The minimum absolute atomic E-state index is 0.0745. The molecule has 1 unspecified atom stereocenters. The summed E-state index contributed by atoms with van der Waals surface area (Å²) in [5, 5.41) is 4.81. The average Bonchev–Trinajstić information content (AvgIpc) is 3.00. The Morgan fingerprint density at radius 1 is 0.857 bits per heavy atom. The van der Waals surface area contributed by atoms with Crippen molar-refractivity contribution in [3.8, 4) is 0 Å². The summed E-state index contributed by atoms with van der Waals surface area (Å²) >= 11 is 0. The van der Waals surface area contributed by atoms with Crippen molar-refractivity contribution in [2.45, 2.75) is 63.5 Å². The third-order valence-electron chi connectivity index (χ3n) is 10.0. The molecular formula is C32H41FN6O3. The van der Waals surface area contributed by atoms with Gasteiger partial charge in [0, 0.05) is 68.8 Å². The van der Waals surface area contributed by atoms with Gasteiger partial charge in [-0.15, -0.1) is 0 Å². The lowest BCUT2D eigenvalue weighted by molar-refractivity contribution is -0.134. The van der Waals surface area contributed by atoms with Crippen LogP contribution in [0.5, 0.6) is 0 Å². The number of hydrogen-bond donors (Lipinski definition) is 3. The summed E-state index contributed by atoms with van der Waals surface area (Å²) in [6, 6.07) is 12.7. The van der Waals surface area contributed by atoms with Gasteiger partial charge >= 0.3 is 0 Å². The van der Waals surface area contributed by atoms with Crippen molar-refractivity contribution in [3.63, 3.8) is 0 Å². The van der Waals surface area contributed by atoms with Crippen molar-refractivity contribution < 1.29 is 18.8 Å². The molecule has 1 atom stereocenters. The third kappa shape index (κ3) is 6.09. The van der Waals surface area contributed by atoms with E-state index in [2.05, 4.69) is 37.5 Å². The number of amides is 3. The highest BCUT2D eigenvalue weighted by Gasteiger charge is 2.40. The van der Waals surface area contributed by atoms with Crippen LogP contribution in [0.1, 0.15) is 61.7 Å². The minimum atomic E-state index is -0.837. The Morgan fingerprint density at radius 2 is 1.50 bits per heavy atom. The van der Waals surface area contributed by atoms with Crippen LogP contribution in [0.2, 0.25) is 0 Å². The largest absolute Gasteiger partial charge is 0.399 e. The van der Waals surface area contributed by atoms with Crippen LogP contribution in [-0.4, -0.2) is 74.0 Å². The monoisotopic (exact) mass is 576 g/mol. The predicted octanol–water partition coefficient (Wildman–Crippen LogP) is 3.29. The van der Waals surface area contributed by atoms with Gasteiger partial charge in [0.1, 0.15) is 11.9 Å². The number of carbonyl (C=O) groups excluding carboxylic acids is 3. The van der Waals surface area contributed by atoms with Gasteiger partial charge in [-0.05, 0) is 92.8 Å². The van der Waals surface area contributed by atoms with Crippen LogP contribution in [0.3, 0.4) is 0 Å². The number of nitrogens with one attached hydrogen (secondary N) is 2. The highest BCUT2D eigenvalue weighted by atomic mass is 19.1. The number of halogens is 1. The molecule has 224 valence electrons. The van der Waals surface area contributed by atoms with Crippen LogP contribution in [0.25, 0.3) is 0 Å². The Balaban J connectivity index is 0.992. The number of carbonyl (C=O) groups is 3. The molecule has 1 aliphatic carbocycles. The van der Waals surface area contributed by atoms with Crippen molar-refractivity contribution >= 4 is 34.8 Å². The molecule has 0 radical (unpaired) electrons. The number of hydrogen-bond acceptors (Lipinski definition) is 7. The number of benzene rings is 2. The first-order valence-corrected chi connectivity index (χ1v) is 15.3. The topological polar surface area (TPSA) is 111 Å². The zero-order chi connectivity index (χ0) is 29.3. The lowest BCUT2D eigenvalue weighted by atomic mass is 9.66. The molecule has 4 aliphatic rings. The molecule has 3 saturated heterocycles. The Labute approximate surface area is 246 Å². The zero-order valence-corrected chi connectivity index (χ0v) is 24.1. The molecular weight excluding hydrogens is 535 g/mol. The van der Waals surface area contributed by atoms with Crippen molar-refractivity contribution in [3.05, 3.63) is 53.8 Å². The molecule has 1 saturated carbocycles. The molecule has 4 fully saturated rings. The molecule has 1 spiro atoms. The van der Waals surface area contributed by atoms with Gasteiger partial charge < -0.3 is 20.9 Å². The van der Waals surface area contributed by atoms with Gasteiger partial charge in [-0.2, -0.15) is 0 Å². The molecule has 3 heterocycles. The van der Waals surface area contributed by atoms with E-state index in [1.165, 1.54) is 37.4 Å². The van der Waals surface area contributed by atoms with E-state index < -0.39 is 23.7 Å². The van der Waals surface area contributed by atoms with Crippen molar-refractivity contribution in [1.82, 2.24) is 15.5 Å². The van der Waals surface area contributed by atoms with Crippen LogP contribution in [0.15, 0.2) is 42.5 Å². The second-order valence-electron chi connectivity index (χ2n) is 12.5. The fourth-order valence-electron chi connectivity index (χ4n) is 7.30. The number of piperidine rings is 2. The van der Waals surface area contributed by atoms with E-state index in [-0.39, 0.29) is 24.3 Å². The minimum Gasteiger partial charge on any atom is -0.399 e. The Bertz CT molecular complexity index is 1310. The first-order chi connectivity index (χ1) is 20.3. The SMILES string of the molecule is Nc1ccc(N2CCN(C3CCC4(CC3)CCN(c3ccc(F)c(C(=O)NC5CCC(=O)NC5=O)c3)CC4)CC2)cc1. The van der Waals surface area contributed by atoms with E-state index in [0.717, 1.165) is 63.5 Å².